The maximum atomic E-state index is 9.25. The van der Waals surface area contributed by atoms with E-state index in [1.165, 1.54) is 83.5 Å². The van der Waals surface area contributed by atoms with E-state index < -0.39 is 0 Å². The molecule has 0 spiro atoms. The lowest BCUT2D eigenvalue weighted by molar-refractivity contribution is 0.307. The zero-order chi connectivity index (χ0) is 20.6. The molecule has 2 heteroatoms. The first-order chi connectivity index (χ1) is 14.4. The average molecular weight is 394 g/mol. The molecule has 0 saturated carbocycles. The topological polar surface area (TPSA) is 33.0 Å². The van der Waals surface area contributed by atoms with Gasteiger partial charge in [-0.2, -0.15) is 5.26 Å². The monoisotopic (exact) mass is 393 g/mol. The molecule has 0 radical (unpaired) electrons. The zero-order valence-corrected chi connectivity index (χ0v) is 18.4. The highest BCUT2D eigenvalue weighted by Gasteiger charge is 2.06. The van der Waals surface area contributed by atoms with Gasteiger partial charge in [0.2, 0.25) is 0 Å². The highest BCUT2D eigenvalue weighted by molar-refractivity contribution is 5.92. The van der Waals surface area contributed by atoms with Crippen LogP contribution in [-0.2, 0) is 0 Å². The first kappa shape index (κ1) is 23.3. The Labute approximate surface area is 178 Å². The fourth-order valence-electron chi connectivity index (χ4n) is 3.97. The van der Waals surface area contributed by atoms with Crippen LogP contribution < -0.4 is 4.74 Å². The number of fused-ring (bicyclic) bond motifs is 1. The minimum Gasteiger partial charge on any atom is -0.493 e. The van der Waals surface area contributed by atoms with Crippen LogP contribution in [0.5, 0.6) is 5.75 Å². The molecule has 0 aliphatic heterocycles. The number of benzene rings is 2. The quantitative estimate of drug-likeness (QED) is 0.267. The SMILES string of the molecule is CCCCCCCCCCCCCCCCOc1ccc(C#N)c2ccccc12. The summed E-state index contributed by atoms with van der Waals surface area (Å²) in [5.74, 6) is 0.897. The Kier molecular flexibility index (Phi) is 12.0. The van der Waals surface area contributed by atoms with Gasteiger partial charge in [-0.1, -0.05) is 115 Å². The van der Waals surface area contributed by atoms with Crippen molar-refractivity contribution in [2.24, 2.45) is 0 Å². The Bertz CT molecular complexity index is 731. The summed E-state index contributed by atoms with van der Waals surface area (Å²) in [5.41, 5.74) is 0.712. The number of hydrogen-bond donors (Lipinski definition) is 0. The zero-order valence-electron chi connectivity index (χ0n) is 18.4. The molecule has 0 aromatic heterocycles. The van der Waals surface area contributed by atoms with E-state index in [2.05, 4.69) is 13.0 Å². The predicted molar refractivity (Wildman–Crippen MR) is 124 cm³/mol. The van der Waals surface area contributed by atoms with E-state index in [-0.39, 0.29) is 0 Å². The third-order valence-electron chi connectivity index (χ3n) is 5.76. The second kappa shape index (κ2) is 14.9. The second-order valence-corrected chi connectivity index (χ2v) is 8.21. The Hall–Kier alpha value is -2.01. The molecule has 0 aliphatic rings. The van der Waals surface area contributed by atoms with Crippen LogP contribution in [0.2, 0.25) is 0 Å². The van der Waals surface area contributed by atoms with E-state index in [4.69, 9.17) is 4.74 Å². The molecule has 0 atom stereocenters. The van der Waals surface area contributed by atoms with Crippen LogP contribution >= 0.6 is 0 Å². The summed E-state index contributed by atoms with van der Waals surface area (Å²) in [6.07, 6.45) is 19.2. The number of hydrogen-bond acceptors (Lipinski definition) is 2. The fraction of sp³-hybridized carbons (Fsp3) is 0.593. The summed E-state index contributed by atoms with van der Waals surface area (Å²) in [6, 6.07) is 14.1. The van der Waals surface area contributed by atoms with E-state index in [0.29, 0.717) is 5.56 Å². The molecule has 0 saturated heterocycles. The van der Waals surface area contributed by atoms with Gasteiger partial charge < -0.3 is 4.74 Å². The standard InChI is InChI=1S/C27H39NO/c1-2-3-4-5-6-7-8-9-10-11-12-13-14-17-22-29-27-21-20-24(23-28)25-18-15-16-19-26(25)27/h15-16,18-21H,2-14,17,22H2,1H3. The first-order valence-electron chi connectivity index (χ1n) is 11.9. The van der Waals surface area contributed by atoms with Crippen LogP contribution in [-0.4, -0.2) is 6.61 Å². The number of unbranched alkanes of at least 4 members (excludes halogenated alkanes) is 13. The molecule has 2 nitrogen and oxygen atoms in total. The molecule has 0 heterocycles. The summed E-state index contributed by atoms with van der Waals surface area (Å²) in [6.45, 7) is 3.04. The van der Waals surface area contributed by atoms with Gasteiger partial charge in [0.25, 0.3) is 0 Å². The van der Waals surface area contributed by atoms with Gasteiger partial charge in [0, 0.05) is 10.8 Å². The highest BCUT2D eigenvalue weighted by Crippen LogP contribution is 2.28. The summed E-state index contributed by atoms with van der Waals surface area (Å²) >= 11 is 0. The molecule has 2 aromatic rings. The van der Waals surface area contributed by atoms with E-state index in [0.717, 1.165) is 29.5 Å². The van der Waals surface area contributed by atoms with Crippen molar-refractivity contribution < 1.29 is 4.74 Å². The van der Waals surface area contributed by atoms with Crippen LogP contribution in [0.4, 0.5) is 0 Å². The fourth-order valence-corrected chi connectivity index (χ4v) is 3.97. The van der Waals surface area contributed by atoms with E-state index in [1.807, 2.05) is 36.4 Å². The van der Waals surface area contributed by atoms with E-state index in [1.54, 1.807) is 0 Å². The van der Waals surface area contributed by atoms with Gasteiger partial charge in [0.15, 0.2) is 0 Å². The molecule has 0 aliphatic carbocycles. The minimum atomic E-state index is 0.712. The molecule has 0 unspecified atom stereocenters. The van der Waals surface area contributed by atoms with Crippen molar-refractivity contribution >= 4 is 10.8 Å². The molecule has 2 rings (SSSR count). The molecular formula is C27H39NO. The largest absolute Gasteiger partial charge is 0.493 e. The molecule has 0 bridgehead atoms. The van der Waals surface area contributed by atoms with Crippen LogP contribution in [0.25, 0.3) is 10.8 Å². The van der Waals surface area contributed by atoms with Crippen LogP contribution in [0.1, 0.15) is 102 Å². The lowest BCUT2D eigenvalue weighted by Crippen LogP contribution is -1.98. The van der Waals surface area contributed by atoms with Crippen molar-refractivity contribution in [3.63, 3.8) is 0 Å². The molecule has 0 fully saturated rings. The Balaban J connectivity index is 1.48. The maximum Gasteiger partial charge on any atom is 0.127 e. The minimum absolute atomic E-state index is 0.712. The summed E-state index contributed by atoms with van der Waals surface area (Å²) in [5, 5.41) is 11.3. The number of nitriles is 1. The molecule has 29 heavy (non-hydrogen) atoms. The van der Waals surface area contributed by atoms with Crippen LogP contribution in [0.3, 0.4) is 0 Å². The lowest BCUT2D eigenvalue weighted by Gasteiger charge is -2.10. The predicted octanol–water partition coefficient (Wildman–Crippen LogP) is 8.57. The van der Waals surface area contributed by atoms with Crippen LogP contribution in [0.15, 0.2) is 36.4 Å². The van der Waals surface area contributed by atoms with Gasteiger partial charge >= 0.3 is 0 Å². The Morgan fingerprint density at radius 2 is 1.17 bits per heavy atom. The first-order valence-corrected chi connectivity index (χ1v) is 11.9. The summed E-state index contributed by atoms with van der Waals surface area (Å²) < 4.78 is 6.02. The van der Waals surface area contributed by atoms with Gasteiger partial charge in [-0.05, 0) is 18.6 Å². The maximum absolute atomic E-state index is 9.25. The van der Waals surface area contributed by atoms with Crippen molar-refractivity contribution in [1.82, 2.24) is 0 Å². The van der Waals surface area contributed by atoms with Gasteiger partial charge in [0.1, 0.15) is 5.75 Å². The third-order valence-corrected chi connectivity index (χ3v) is 5.76. The molecular weight excluding hydrogens is 354 g/mol. The van der Waals surface area contributed by atoms with Crippen molar-refractivity contribution in [3.8, 4) is 11.8 Å². The van der Waals surface area contributed by atoms with Gasteiger partial charge in [0.05, 0.1) is 18.2 Å². The van der Waals surface area contributed by atoms with E-state index in [9.17, 15) is 5.26 Å². The third kappa shape index (κ3) is 8.90. The summed E-state index contributed by atoms with van der Waals surface area (Å²) in [7, 11) is 0. The van der Waals surface area contributed by atoms with Gasteiger partial charge in [-0.25, -0.2) is 0 Å². The van der Waals surface area contributed by atoms with Crippen molar-refractivity contribution in [1.29, 1.82) is 5.26 Å². The van der Waals surface area contributed by atoms with Crippen LogP contribution in [0, 0.1) is 11.3 Å². The van der Waals surface area contributed by atoms with Gasteiger partial charge in [-0.3, -0.25) is 0 Å². The number of nitrogens with zero attached hydrogens (tertiary/aromatic N) is 1. The Morgan fingerprint density at radius 3 is 1.72 bits per heavy atom. The molecule has 0 amide bonds. The van der Waals surface area contributed by atoms with Crippen molar-refractivity contribution in [3.05, 3.63) is 42.0 Å². The lowest BCUT2D eigenvalue weighted by atomic mass is 10.0. The second-order valence-electron chi connectivity index (χ2n) is 8.21. The summed E-state index contributed by atoms with van der Waals surface area (Å²) in [4.78, 5) is 0. The number of ether oxygens (including phenoxy) is 1. The average Bonchev–Trinajstić information content (AvgIpc) is 2.76. The van der Waals surface area contributed by atoms with Gasteiger partial charge in [-0.15, -0.1) is 0 Å². The van der Waals surface area contributed by atoms with E-state index >= 15 is 0 Å². The highest BCUT2D eigenvalue weighted by atomic mass is 16.5. The normalized spacial score (nSPS) is 10.9. The Morgan fingerprint density at radius 1 is 0.655 bits per heavy atom. The molecule has 158 valence electrons. The van der Waals surface area contributed by atoms with Crippen molar-refractivity contribution in [2.75, 3.05) is 6.61 Å². The molecule has 0 N–H and O–H groups in total. The number of rotatable bonds is 16. The smallest absolute Gasteiger partial charge is 0.127 e. The molecule has 2 aromatic carbocycles. The van der Waals surface area contributed by atoms with Crippen molar-refractivity contribution in [2.45, 2.75) is 96.8 Å².